The van der Waals surface area contributed by atoms with Crippen LogP contribution in [-0.2, 0) is 7.05 Å². The molecule has 1 atom stereocenters. The van der Waals surface area contributed by atoms with Crippen LogP contribution >= 0.6 is 0 Å². The van der Waals surface area contributed by atoms with Crippen LogP contribution in [0, 0.1) is 12.8 Å². The van der Waals surface area contributed by atoms with Crippen molar-refractivity contribution in [2.24, 2.45) is 13.0 Å². The van der Waals surface area contributed by atoms with E-state index in [0.29, 0.717) is 5.92 Å². The van der Waals surface area contributed by atoms with Gasteiger partial charge in [0.25, 0.3) is 0 Å². The molecule has 0 aliphatic rings. The number of nitrogens with zero attached hydrogens (tertiary/aromatic N) is 2. The lowest BCUT2D eigenvalue weighted by Gasteiger charge is -2.12. The van der Waals surface area contributed by atoms with Crippen LogP contribution in [0.1, 0.15) is 37.6 Å². The van der Waals surface area contributed by atoms with Crippen molar-refractivity contribution in [2.75, 3.05) is 0 Å². The molecular weight excluding hydrogens is 164 g/mol. The second-order valence-corrected chi connectivity index (χ2v) is 3.95. The largest absolute Gasteiger partial charge is 0.388 e. The van der Waals surface area contributed by atoms with Crippen LogP contribution in [0.5, 0.6) is 0 Å². The Morgan fingerprint density at radius 1 is 1.54 bits per heavy atom. The quantitative estimate of drug-likeness (QED) is 0.774. The number of aliphatic hydroxyl groups is 1. The molecular formula is C10H18N2O. The van der Waals surface area contributed by atoms with E-state index >= 15 is 0 Å². The molecule has 1 aromatic heterocycles. The summed E-state index contributed by atoms with van der Waals surface area (Å²) < 4.78 is 1.79. The van der Waals surface area contributed by atoms with Crippen molar-refractivity contribution in [1.29, 1.82) is 0 Å². The molecule has 0 radical (unpaired) electrons. The van der Waals surface area contributed by atoms with E-state index in [4.69, 9.17) is 0 Å². The summed E-state index contributed by atoms with van der Waals surface area (Å²) in [4.78, 5) is 0. The fourth-order valence-electron chi connectivity index (χ4n) is 1.42. The van der Waals surface area contributed by atoms with E-state index in [2.05, 4.69) is 18.9 Å². The minimum atomic E-state index is -0.367. The van der Waals surface area contributed by atoms with Crippen molar-refractivity contribution in [1.82, 2.24) is 9.78 Å². The van der Waals surface area contributed by atoms with E-state index in [1.807, 2.05) is 14.0 Å². The monoisotopic (exact) mass is 182 g/mol. The molecule has 1 unspecified atom stereocenters. The summed E-state index contributed by atoms with van der Waals surface area (Å²) in [6, 6.07) is 0. The third-order valence-corrected chi connectivity index (χ3v) is 2.33. The second kappa shape index (κ2) is 3.92. The Balaban J connectivity index is 2.76. The molecule has 1 rings (SSSR count). The van der Waals surface area contributed by atoms with E-state index in [1.165, 1.54) is 0 Å². The molecule has 1 aromatic rings. The molecule has 0 spiro atoms. The van der Waals surface area contributed by atoms with Gasteiger partial charge in [0.1, 0.15) is 0 Å². The van der Waals surface area contributed by atoms with Crippen LogP contribution in [0.15, 0.2) is 6.20 Å². The van der Waals surface area contributed by atoms with Gasteiger partial charge in [-0.2, -0.15) is 5.10 Å². The lowest BCUT2D eigenvalue weighted by molar-refractivity contribution is 0.150. The second-order valence-electron chi connectivity index (χ2n) is 3.95. The van der Waals surface area contributed by atoms with Crippen molar-refractivity contribution in [3.63, 3.8) is 0 Å². The summed E-state index contributed by atoms with van der Waals surface area (Å²) in [5, 5.41) is 13.9. The van der Waals surface area contributed by atoms with Crippen LogP contribution < -0.4 is 0 Å². The number of aromatic nitrogens is 2. The first kappa shape index (κ1) is 10.3. The van der Waals surface area contributed by atoms with Gasteiger partial charge >= 0.3 is 0 Å². The fourth-order valence-corrected chi connectivity index (χ4v) is 1.42. The lowest BCUT2D eigenvalue weighted by Crippen LogP contribution is -2.03. The normalized spacial score (nSPS) is 13.7. The average molecular weight is 182 g/mol. The van der Waals surface area contributed by atoms with Crippen LogP contribution in [0.2, 0.25) is 0 Å². The zero-order valence-electron chi connectivity index (χ0n) is 8.78. The predicted molar refractivity (Wildman–Crippen MR) is 52.4 cm³/mol. The van der Waals surface area contributed by atoms with Crippen molar-refractivity contribution < 1.29 is 5.11 Å². The van der Waals surface area contributed by atoms with Gasteiger partial charge in [-0.25, -0.2) is 0 Å². The highest BCUT2D eigenvalue weighted by Gasteiger charge is 2.14. The van der Waals surface area contributed by atoms with E-state index in [0.717, 1.165) is 17.7 Å². The number of hydrogen-bond donors (Lipinski definition) is 1. The van der Waals surface area contributed by atoms with Gasteiger partial charge < -0.3 is 5.11 Å². The molecule has 0 saturated carbocycles. The molecule has 74 valence electrons. The Bertz CT molecular complexity index is 278. The van der Waals surface area contributed by atoms with E-state index in [1.54, 1.807) is 10.9 Å². The third-order valence-electron chi connectivity index (χ3n) is 2.33. The first-order chi connectivity index (χ1) is 6.02. The topological polar surface area (TPSA) is 38.1 Å². The van der Waals surface area contributed by atoms with Gasteiger partial charge in [0.15, 0.2) is 0 Å². The van der Waals surface area contributed by atoms with Gasteiger partial charge in [0.05, 0.1) is 12.3 Å². The summed E-state index contributed by atoms with van der Waals surface area (Å²) >= 11 is 0. The average Bonchev–Trinajstić information content (AvgIpc) is 2.31. The maximum absolute atomic E-state index is 9.83. The van der Waals surface area contributed by atoms with Crippen molar-refractivity contribution in [2.45, 2.75) is 33.3 Å². The van der Waals surface area contributed by atoms with Crippen molar-refractivity contribution >= 4 is 0 Å². The first-order valence-electron chi connectivity index (χ1n) is 4.69. The SMILES string of the molecule is Cc1c(C(O)CC(C)C)cnn1C. The van der Waals surface area contributed by atoms with Gasteiger partial charge in [-0.05, 0) is 19.3 Å². The van der Waals surface area contributed by atoms with Gasteiger partial charge in [0.2, 0.25) is 0 Å². The fraction of sp³-hybridized carbons (Fsp3) is 0.700. The number of rotatable bonds is 3. The van der Waals surface area contributed by atoms with E-state index in [9.17, 15) is 5.11 Å². The number of aliphatic hydroxyl groups excluding tert-OH is 1. The van der Waals surface area contributed by atoms with Gasteiger partial charge in [-0.3, -0.25) is 4.68 Å². The van der Waals surface area contributed by atoms with Gasteiger partial charge in [-0.15, -0.1) is 0 Å². The molecule has 0 aliphatic heterocycles. The molecule has 0 bridgehead atoms. The van der Waals surface area contributed by atoms with Crippen molar-refractivity contribution in [3.05, 3.63) is 17.5 Å². The van der Waals surface area contributed by atoms with Crippen LogP contribution in [-0.4, -0.2) is 14.9 Å². The number of aryl methyl sites for hydroxylation is 1. The van der Waals surface area contributed by atoms with Crippen LogP contribution in [0.25, 0.3) is 0 Å². The minimum absolute atomic E-state index is 0.367. The van der Waals surface area contributed by atoms with E-state index in [-0.39, 0.29) is 6.10 Å². The Morgan fingerprint density at radius 2 is 2.15 bits per heavy atom. The Kier molecular flexibility index (Phi) is 3.09. The summed E-state index contributed by atoms with van der Waals surface area (Å²) in [7, 11) is 1.89. The van der Waals surface area contributed by atoms with E-state index < -0.39 is 0 Å². The number of hydrogen-bond acceptors (Lipinski definition) is 2. The molecule has 13 heavy (non-hydrogen) atoms. The summed E-state index contributed by atoms with van der Waals surface area (Å²) in [5.74, 6) is 0.509. The molecule has 0 fully saturated rings. The van der Waals surface area contributed by atoms with Crippen LogP contribution in [0.3, 0.4) is 0 Å². The third kappa shape index (κ3) is 2.31. The lowest BCUT2D eigenvalue weighted by atomic mass is 10.0. The molecule has 1 N–H and O–H groups in total. The van der Waals surface area contributed by atoms with Crippen molar-refractivity contribution in [3.8, 4) is 0 Å². The Labute approximate surface area is 79.4 Å². The maximum Gasteiger partial charge on any atom is 0.0825 e. The molecule has 0 amide bonds. The molecule has 0 saturated heterocycles. The smallest absolute Gasteiger partial charge is 0.0825 e. The van der Waals surface area contributed by atoms with Gasteiger partial charge in [0, 0.05) is 18.3 Å². The first-order valence-corrected chi connectivity index (χ1v) is 4.69. The highest BCUT2D eigenvalue weighted by atomic mass is 16.3. The minimum Gasteiger partial charge on any atom is -0.388 e. The standard InChI is InChI=1S/C10H18N2O/c1-7(2)5-10(13)9-6-11-12(4)8(9)3/h6-7,10,13H,5H2,1-4H3. The molecule has 1 heterocycles. The highest BCUT2D eigenvalue weighted by molar-refractivity contribution is 5.18. The summed E-state index contributed by atoms with van der Waals surface area (Å²) in [6.07, 6.45) is 2.18. The molecule has 3 nitrogen and oxygen atoms in total. The highest BCUT2D eigenvalue weighted by Crippen LogP contribution is 2.22. The Hall–Kier alpha value is -0.830. The Morgan fingerprint density at radius 3 is 2.54 bits per heavy atom. The molecule has 0 aliphatic carbocycles. The predicted octanol–water partition coefficient (Wildman–Crippen LogP) is 1.81. The summed E-state index contributed by atoms with van der Waals surface area (Å²) in [5.41, 5.74) is 2.00. The van der Waals surface area contributed by atoms with Crippen LogP contribution in [0.4, 0.5) is 0 Å². The van der Waals surface area contributed by atoms with Gasteiger partial charge in [-0.1, -0.05) is 13.8 Å². The maximum atomic E-state index is 9.83. The zero-order chi connectivity index (χ0) is 10.0. The molecule has 3 heteroatoms. The molecule has 0 aromatic carbocycles. The summed E-state index contributed by atoms with van der Waals surface area (Å²) in [6.45, 7) is 6.19. The zero-order valence-corrected chi connectivity index (χ0v) is 8.78.